The van der Waals surface area contributed by atoms with Crippen molar-refractivity contribution in [1.29, 1.82) is 0 Å². The van der Waals surface area contributed by atoms with Gasteiger partial charge in [0.15, 0.2) is 0 Å². The number of benzene rings is 1. The SMILES string of the molecule is CN(CC(=O)Nc1ccccc1C(F)(F)F)C(=O)c1ccc(Cl)nc1. The van der Waals surface area contributed by atoms with E-state index in [2.05, 4.69) is 10.3 Å². The van der Waals surface area contributed by atoms with E-state index in [4.69, 9.17) is 11.6 Å². The van der Waals surface area contributed by atoms with Gasteiger partial charge < -0.3 is 10.2 Å². The average Bonchev–Trinajstić information content (AvgIpc) is 2.54. The van der Waals surface area contributed by atoms with Crippen LogP contribution in [0.25, 0.3) is 0 Å². The van der Waals surface area contributed by atoms with E-state index in [-0.39, 0.29) is 16.4 Å². The lowest BCUT2D eigenvalue weighted by molar-refractivity contribution is -0.137. The van der Waals surface area contributed by atoms with E-state index in [9.17, 15) is 22.8 Å². The molecule has 0 aliphatic carbocycles. The second-order valence-electron chi connectivity index (χ2n) is 5.12. The molecule has 5 nitrogen and oxygen atoms in total. The van der Waals surface area contributed by atoms with Crippen molar-refractivity contribution in [3.63, 3.8) is 0 Å². The second-order valence-corrected chi connectivity index (χ2v) is 5.51. The summed E-state index contributed by atoms with van der Waals surface area (Å²) in [7, 11) is 1.35. The fourth-order valence-electron chi connectivity index (χ4n) is 2.04. The van der Waals surface area contributed by atoms with Gasteiger partial charge in [-0.2, -0.15) is 13.2 Å². The molecule has 0 radical (unpaired) electrons. The molecule has 0 aliphatic rings. The number of hydrogen-bond acceptors (Lipinski definition) is 3. The Morgan fingerprint density at radius 3 is 2.48 bits per heavy atom. The van der Waals surface area contributed by atoms with Crippen molar-refractivity contribution in [2.45, 2.75) is 6.18 Å². The molecule has 0 aliphatic heterocycles. The standard InChI is InChI=1S/C16H13ClF3N3O2/c1-23(15(25)10-6-7-13(17)21-8-10)9-14(24)22-12-5-3-2-4-11(12)16(18,19)20/h2-8H,9H2,1H3,(H,22,24). The first-order valence-electron chi connectivity index (χ1n) is 7.01. The number of rotatable bonds is 4. The minimum Gasteiger partial charge on any atom is -0.332 e. The summed E-state index contributed by atoms with van der Waals surface area (Å²) in [5.41, 5.74) is -1.12. The first-order chi connectivity index (χ1) is 11.7. The zero-order valence-electron chi connectivity index (χ0n) is 13.0. The van der Waals surface area contributed by atoms with Gasteiger partial charge in [-0.15, -0.1) is 0 Å². The Morgan fingerprint density at radius 2 is 1.88 bits per heavy atom. The van der Waals surface area contributed by atoms with E-state index < -0.39 is 30.1 Å². The van der Waals surface area contributed by atoms with E-state index in [1.54, 1.807) is 0 Å². The Bertz CT molecular complexity index is 779. The van der Waals surface area contributed by atoms with Gasteiger partial charge in [-0.3, -0.25) is 9.59 Å². The van der Waals surface area contributed by atoms with Gasteiger partial charge in [0, 0.05) is 13.2 Å². The number of para-hydroxylation sites is 1. The molecule has 1 aromatic carbocycles. The average molecular weight is 372 g/mol. The number of carbonyl (C=O) groups is 2. The summed E-state index contributed by atoms with van der Waals surface area (Å²) in [6.07, 6.45) is -3.35. The summed E-state index contributed by atoms with van der Waals surface area (Å²) in [5, 5.41) is 2.38. The van der Waals surface area contributed by atoms with E-state index in [0.717, 1.165) is 17.0 Å². The number of pyridine rings is 1. The molecule has 0 atom stereocenters. The van der Waals surface area contributed by atoms with Crippen LogP contribution in [0.1, 0.15) is 15.9 Å². The number of halogens is 4. The number of nitrogens with one attached hydrogen (secondary N) is 1. The second kappa shape index (κ2) is 7.52. The first kappa shape index (κ1) is 18.7. The van der Waals surface area contributed by atoms with E-state index in [1.165, 1.54) is 37.5 Å². The van der Waals surface area contributed by atoms with Gasteiger partial charge in [0.1, 0.15) is 5.15 Å². The van der Waals surface area contributed by atoms with E-state index in [0.29, 0.717) is 0 Å². The Morgan fingerprint density at radius 1 is 1.20 bits per heavy atom. The van der Waals surface area contributed by atoms with E-state index >= 15 is 0 Å². The molecule has 2 amide bonds. The molecule has 1 N–H and O–H groups in total. The van der Waals surface area contributed by atoms with Crippen LogP contribution >= 0.6 is 11.6 Å². The van der Waals surface area contributed by atoms with E-state index in [1.807, 2.05) is 0 Å². The van der Waals surface area contributed by atoms with Crippen LogP contribution in [0.3, 0.4) is 0 Å². The normalized spacial score (nSPS) is 11.1. The van der Waals surface area contributed by atoms with Crippen molar-refractivity contribution in [2.24, 2.45) is 0 Å². The molecule has 2 rings (SSSR count). The third-order valence-corrected chi connectivity index (χ3v) is 3.43. The van der Waals surface area contributed by atoms with Gasteiger partial charge in [0.2, 0.25) is 5.91 Å². The maximum atomic E-state index is 12.9. The van der Waals surface area contributed by atoms with Crippen molar-refractivity contribution < 1.29 is 22.8 Å². The Labute approximate surface area is 146 Å². The van der Waals surface area contributed by atoms with Gasteiger partial charge in [0.05, 0.1) is 23.4 Å². The highest BCUT2D eigenvalue weighted by molar-refractivity contribution is 6.29. The molecule has 0 spiro atoms. The van der Waals surface area contributed by atoms with Gasteiger partial charge in [-0.1, -0.05) is 23.7 Å². The number of likely N-dealkylation sites (N-methyl/N-ethyl adjacent to an activating group) is 1. The lowest BCUT2D eigenvalue weighted by atomic mass is 10.1. The molecule has 1 aromatic heterocycles. The van der Waals surface area contributed by atoms with Crippen LogP contribution in [0.2, 0.25) is 5.15 Å². The van der Waals surface area contributed by atoms with Gasteiger partial charge in [0.25, 0.3) is 5.91 Å². The van der Waals surface area contributed by atoms with Crippen molar-refractivity contribution in [3.05, 3.63) is 58.9 Å². The van der Waals surface area contributed by atoms with Crippen LogP contribution in [0.5, 0.6) is 0 Å². The number of nitrogens with zero attached hydrogens (tertiary/aromatic N) is 2. The van der Waals surface area contributed by atoms with Crippen molar-refractivity contribution in [1.82, 2.24) is 9.88 Å². The highest BCUT2D eigenvalue weighted by atomic mass is 35.5. The van der Waals surface area contributed by atoms with Crippen LogP contribution in [0.15, 0.2) is 42.6 Å². The summed E-state index contributed by atoms with van der Waals surface area (Å²) in [4.78, 5) is 29.0. The molecule has 2 aromatic rings. The highest BCUT2D eigenvalue weighted by Gasteiger charge is 2.33. The summed E-state index contributed by atoms with van der Waals surface area (Å²) >= 11 is 5.63. The lowest BCUT2D eigenvalue weighted by Gasteiger charge is -2.18. The molecule has 0 saturated carbocycles. The molecule has 9 heteroatoms. The third kappa shape index (κ3) is 4.93. The zero-order valence-corrected chi connectivity index (χ0v) is 13.7. The smallest absolute Gasteiger partial charge is 0.332 e. The molecular weight excluding hydrogens is 359 g/mol. The number of anilines is 1. The molecule has 0 bridgehead atoms. The summed E-state index contributed by atoms with van der Waals surface area (Å²) in [6, 6.07) is 7.46. The number of alkyl halides is 3. The van der Waals surface area contributed by atoms with Crippen LogP contribution < -0.4 is 5.32 Å². The van der Waals surface area contributed by atoms with Crippen molar-refractivity contribution >= 4 is 29.1 Å². The number of aromatic nitrogens is 1. The lowest BCUT2D eigenvalue weighted by Crippen LogP contribution is -2.35. The molecule has 0 fully saturated rings. The molecular formula is C16H13ClF3N3O2. The maximum absolute atomic E-state index is 12.9. The fourth-order valence-corrected chi connectivity index (χ4v) is 2.15. The molecule has 25 heavy (non-hydrogen) atoms. The van der Waals surface area contributed by atoms with Gasteiger partial charge >= 0.3 is 6.18 Å². The highest BCUT2D eigenvalue weighted by Crippen LogP contribution is 2.34. The van der Waals surface area contributed by atoms with Crippen molar-refractivity contribution in [3.8, 4) is 0 Å². The third-order valence-electron chi connectivity index (χ3n) is 3.21. The van der Waals surface area contributed by atoms with Gasteiger partial charge in [-0.25, -0.2) is 4.98 Å². The Hall–Kier alpha value is -2.61. The predicted octanol–water partition coefficient (Wildman–Crippen LogP) is 3.46. The first-order valence-corrected chi connectivity index (χ1v) is 7.39. The minimum atomic E-state index is -4.60. The largest absolute Gasteiger partial charge is 0.418 e. The fraction of sp³-hybridized carbons (Fsp3) is 0.188. The zero-order chi connectivity index (χ0) is 18.6. The maximum Gasteiger partial charge on any atom is 0.418 e. The molecule has 1 heterocycles. The Kier molecular flexibility index (Phi) is 5.63. The monoisotopic (exact) mass is 371 g/mol. The number of amides is 2. The Balaban J connectivity index is 2.05. The molecule has 0 unspecified atom stereocenters. The minimum absolute atomic E-state index is 0.204. The quantitative estimate of drug-likeness (QED) is 0.837. The van der Waals surface area contributed by atoms with Crippen LogP contribution in [-0.2, 0) is 11.0 Å². The van der Waals surface area contributed by atoms with Crippen LogP contribution in [0, 0.1) is 0 Å². The number of hydrogen-bond donors (Lipinski definition) is 1. The summed E-state index contributed by atoms with van der Waals surface area (Å²) < 4.78 is 38.7. The van der Waals surface area contributed by atoms with Gasteiger partial charge in [-0.05, 0) is 24.3 Å². The molecule has 0 saturated heterocycles. The predicted molar refractivity (Wildman–Crippen MR) is 86.3 cm³/mol. The summed E-state index contributed by atoms with van der Waals surface area (Å²) in [5.74, 6) is -1.27. The van der Waals surface area contributed by atoms with Crippen LogP contribution in [0.4, 0.5) is 18.9 Å². The summed E-state index contributed by atoms with van der Waals surface area (Å²) in [6.45, 7) is -0.423. The van der Waals surface area contributed by atoms with Crippen LogP contribution in [-0.4, -0.2) is 35.3 Å². The van der Waals surface area contributed by atoms with Crippen molar-refractivity contribution in [2.75, 3.05) is 18.9 Å². The molecule has 132 valence electrons. The topological polar surface area (TPSA) is 62.3 Å². The number of carbonyl (C=O) groups excluding carboxylic acids is 2.